The van der Waals surface area contributed by atoms with E-state index < -0.39 is 34.8 Å². The lowest BCUT2D eigenvalue weighted by Gasteiger charge is -2.16. The van der Waals surface area contributed by atoms with Crippen LogP contribution in [0.15, 0.2) is 30.6 Å². The number of carboxylic acids is 1. The van der Waals surface area contributed by atoms with Crippen molar-refractivity contribution in [3.8, 4) is 0 Å². The Morgan fingerprint density at radius 1 is 1.23 bits per heavy atom. The molecule has 0 aliphatic rings. The van der Waals surface area contributed by atoms with Crippen molar-refractivity contribution < 1.29 is 27.5 Å². The van der Waals surface area contributed by atoms with Crippen LogP contribution in [-0.4, -0.2) is 16.1 Å². The first-order valence-electron chi connectivity index (χ1n) is 5.70. The molecule has 2 aromatic rings. The summed E-state index contributed by atoms with van der Waals surface area (Å²) < 4.78 is 52.9. The van der Waals surface area contributed by atoms with Gasteiger partial charge in [0.2, 0.25) is 0 Å². The van der Waals surface area contributed by atoms with Gasteiger partial charge in [0.15, 0.2) is 0 Å². The number of hydrogen-bond donors (Lipinski definition) is 2. The highest BCUT2D eigenvalue weighted by molar-refractivity contribution is 6.30. The molecule has 116 valence electrons. The Morgan fingerprint density at radius 2 is 1.91 bits per heavy atom. The molecular formula is C13H7ClF4N2O2. The van der Waals surface area contributed by atoms with Crippen molar-refractivity contribution in [3.05, 3.63) is 52.6 Å². The number of carbonyl (C=O) groups is 1. The summed E-state index contributed by atoms with van der Waals surface area (Å²) in [6.45, 7) is 0. The average molecular weight is 335 g/mol. The first-order chi connectivity index (χ1) is 10.2. The van der Waals surface area contributed by atoms with Crippen LogP contribution in [0, 0.1) is 5.82 Å². The van der Waals surface area contributed by atoms with Crippen molar-refractivity contribution in [2.75, 3.05) is 5.32 Å². The van der Waals surface area contributed by atoms with Crippen LogP contribution in [0.4, 0.5) is 28.9 Å². The Bertz CT molecular complexity index is 734. The summed E-state index contributed by atoms with van der Waals surface area (Å²) in [7, 11) is 0. The van der Waals surface area contributed by atoms with Gasteiger partial charge < -0.3 is 10.4 Å². The van der Waals surface area contributed by atoms with Crippen molar-refractivity contribution in [1.29, 1.82) is 0 Å². The molecule has 0 fully saturated rings. The average Bonchev–Trinajstić information content (AvgIpc) is 2.40. The van der Waals surface area contributed by atoms with E-state index in [0.29, 0.717) is 6.20 Å². The molecule has 0 saturated heterocycles. The fourth-order valence-electron chi connectivity index (χ4n) is 1.76. The Morgan fingerprint density at radius 3 is 2.45 bits per heavy atom. The van der Waals surface area contributed by atoms with Gasteiger partial charge in [0.25, 0.3) is 0 Å². The minimum Gasteiger partial charge on any atom is -0.478 e. The topological polar surface area (TPSA) is 62.2 Å². The lowest BCUT2D eigenvalue weighted by Crippen LogP contribution is -2.16. The number of aromatic carboxylic acids is 1. The molecule has 2 N–H and O–H groups in total. The SMILES string of the molecule is O=C(O)c1cncc(Nc2ccc(Cl)cc2F)c1C(F)(F)F. The Hall–Kier alpha value is -2.35. The van der Waals surface area contributed by atoms with Crippen LogP contribution in [0.2, 0.25) is 5.02 Å². The highest BCUT2D eigenvalue weighted by Crippen LogP contribution is 2.38. The Kier molecular flexibility index (Phi) is 4.23. The number of nitrogens with zero attached hydrogens (tertiary/aromatic N) is 1. The van der Waals surface area contributed by atoms with Gasteiger partial charge in [0, 0.05) is 11.2 Å². The number of anilines is 2. The third-order valence-electron chi connectivity index (χ3n) is 2.66. The van der Waals surface area contributed by atoms with E-state index in [4.69, 9.17) is 16.7 Å². The zero-order valence-electron chi connectivity index (χ0n) is 10.6. The van der Waals surface area contributed by atoms with Crippen molar-refractivity contribution in [2.45, 2.75) is 6.18 Å². The second-order valence-electron chi connectivity index (χ2n) is 4.16. The first kappa shape index (κ1) is 16.0. The van der Waals surface area contributed by atoms with Crippen LogP contribution in [0.5, 0.6) is 0 Å². The number of benzene rings is 1. The maximum Gasteiger partial charge on any atom is 0.419 e. The van der Waals surface area contributed by atoms with Crippen LogP contribution in [0.3, 0.4) is 0 Å². The minimum atomic E-state index is -4.96. The molecule has 0 radical (unpaired) electrons. The number of rotatable bonds is 3. The van der Waals surface area contributed by atoms with Crippen molar-refractivity contribution in [3.63, 3.8) is 0 Å². The number of halogens is 5. The molecule has 1 aromatic carbocycles. The van der Waals surface area contributed by atoms with E-state index >= 15 is 0 Å². The lowest BCUT2D eigenvalue weighted by atomic mass is 10.1. The maximum atomic E-state index is 13.7. The predicted molar refractivity (Wildman–Crippen MR) is 70.9 cm³/mol. The summed E-state index contributed by atoms with van der Waals surface area (Å²) in [6.07, 6.45) is -3.61. The van der Waals surface area contributed by atoms with E-state index in [1.54, 1.807) is 0 Å². The van der Waals surface area contributed by atoms with Gasteiger partial charge in [-0.25, -0.2) is 9.18 Å². The molecule has 0 amide bonds. The van der Waals surface area contributed by atoms with Crippen LogP contribution in [0.1, 0.15) is 15.9 Å². The third kappa shape index (κ3) is 3.28. The van der Waals surface area contributed by atoms with Gasteiger partial charge in [0.05, 0.1) is 28.7 Å². The van der Waals surface area contributed by atoms with E-state index in [1.165, 1.54) is 6.07 Å². The van der Waals surface area contributed by atoms with E-state index in [2.05, 4.69) is 10.3 Å². The standard InChI is InChI=1S/C13H7ClF4N2O2/c14-6-1-2-9(8(15)3-6)20-10-5-19-4-7(12(21)22)11(10)13(16,17)18/h1-5,20H,(H,21,22). The highest BCUT2D eigenvalue weighted by Gasteiger charge is 2.38. The second-order valence-corrected chi connectivity index (χ2v) is 4.60. The quantitative estimate of drug-likeness (QED) is 0.820. The molecule has 0 aliphatic heterocycles. The fraction of sp³-hybridized carbons (Fsp3) is 0.0769. The normalized spacial score (nSPS) is 11.3. The van der Waals surface area contributed by atoms with E-state index in [1.807, 2.05) is 0 Å². The lowest BCUT2D eigenvalue weighted by molar-refractivity contribution is -0.137. The highest BCUT2D eigenvalue weighted by atomic mass is 35.5. The Balaban J connectivity index is 2.56. The summed E-state index contributed by atoms with van der Waals surface area (Å²) in [4.78, 5) is 14.4. The van der Waals surface area contributed by atoms with Crippen molar-refractivity contribution >= 4 is 28.9 Å². The minimum absolute atomic E-state index is 0.0662. The molecule has 1 heterocycles. The zero-order valence-corrected chi connectivity index (χ0v) is 11.3. The van der Waals surface area contributed by atoms with Crippen molar-refractivity contribution in [1.82, 2.24) is 4.98 Å². The van der Waals surface area contributed by atoms with Gasteiger partial charge in [-0.2, -0.15) is 13.2 Å². The van der Waals surface area contributed by atoms with Gasteiger partial charge in [-0.3, -0.25) is 4.98 Å². The number of carboxylic acid groups (broad SMARTS) is 1. The fourth-order valence-corrected chi connectivity index (χ4v) is 1.92. The molecular weight excluding hydrogens is 328 g/mol. The number of pyridine rings is 1. The van der Waals surface area contributed by atoms with E-state index in [0.717, 1.165) is 18.3 Å². The predicted octanol–water partition coefficient (Wildman–Crippen LogP) is 4.33. The monoisotopic (exact) mass is 334 g/mol. The summed E-state index contributed by atoms with van der Waals surface area (Å²) >= 11 is 5.55. The molecule has 0 saturated carbocycles. The molecule has 9 heteroatoms. The molecule has 0 atom stereocenters. The smallest absolute Gasteiger partial charge is 0.419 e. The van der Waals surface area contributed by atoms with Gasteiger partial charge in [-0.15, -0.1) is 0 Å². The third-order valence-corrected chi connectivity index (χ3v) is 2.90. The molecule has 4 nitrogen and oxygen atoms in total. The van der Waals surface area contributed by atoms with Gasteiger partial charge in [-0.1, -0.05) is 11.6 Å². The van der Waals surface area contributed by atoms with Gasteiger partial charge in [0.1, 0.15) is 5.82 Å². The zero-order chi connectivity index (χ0) is 16.5. The molecule has 22 heavy (non-hydrogen) atoms. The van der Waals surface area contributed by atoms with Crippen molar-refractivity contribution in [2.24, 2.45) is 0 Å². The molecule has 1 aromatic heterocycles. The molecule has 0 bridgehead atoms. The summed E-state index contributed by atoms with van der Waals surface area (Å²) in [5.41, 5.74) is -3.44. The number of hydrogen-bond acceptors (Lipinski definition) is 3. The molecule has 2 rings (SSSR count). The molecule has 0 aliphatic carbocycles. The van der Waals surface area contributed by atoms with Gasteiger partial charge >= 0.3 is 12.1 Å². The van der Waals surface area contributed by atoms with E-state index in [9.17, 15) is 22.4 Å². The summed E-state index contributed by atoms with van der Waals surface area (Å²) in [5, 5.41) is 11.1. The largest absolute Gasteiger partial charge is 0.478 e. The van der Waals surface area contributed by atoms with Crippen LogP contribution in [0.25, 0.3) is 0 Å². The summed E-state index contributed by atoms with van der Waals surface area (Å²) in [5.74, 6) is -2.68. The number of alkyl halides is 3. The number of aromatic nitrogens is 1. The second kappa shape index (κ2) is 5.80. The maximum absolute atomic E-state index is 13.7. The first-order valence-corrected chi connectivity index (χ1v) is 6.08. The Labute approximate surface area is 126 Å². The van der Waals surface area contributed by atoms with E-state index in [-0.39, 0.29) is 10.7 Å². The molecule has 0 spiro atoms. The molecule has 0 unspecified atom stereocenters. The number of nitrogens with one attached hydrogen (secondary N) is 1. The van der Waals surface area contributed by atoms with Gasteiger partial charge in [-0.05, 0) is 18.2 Å². The van der Waals surface area contributed by atoms with Crippen LogP contribution >= 0.6 is 11.6 Å². The van der Waals surface area contributed by atoms with Crippen LogP contribution in [-0.2, 0) is 6.18 Å². The summed E-state index contributed by atoms with van der Waals surface area (Å²) in [6, 6.07) is 3.31. The van der Waals surface area contributed by atoms with Crippen LogP contribution < -0.4 is 5.32 Å².